The average molecular weight is 324 g/mol. The van der Waals surface area contributed by atoms with Crippen LogP contribution in [0.4, 0.5) is 5.82 Å². The van der Waals surface area contributed by atoms with Crippen molar-refractivity contribution in [3.05, 3.63) is 64.2 Å². The SMILES string of the molecule is Cc1cccc(-c2nn(-c3cccc(Cl)c3C)c3c2CCN3)c1. The first kappa shape index (κ1) is 14.3. The Morgan fingerprint density at radius 1 is 1.13 bits per heavy atom. The molecule has 0 radical (unpaired) electrons. The number of anilines is 1. The fourth-order valence-corrected chi connectivity index (χ4v) is 3.37. The van der Waals surface area contributed by atoms with Crippen molar-refractivity contribution in [1.82, 2.24) is 9.78 Å². The summed E-state index contributed by atoms with van der Waals surface area (Å²) in [5, 5.41) is 9.15. The van der Waals surface area contributed by atoms with Crippen LogP contribution in [-0.4, -0.2) is 16.3 Å². The summed E-state index contributed by atoms with van der Waals surface area (Å²) in [5.41, 5.74) is 6.84. The number of benzene rings is 2. The number of aryl methyl sites for hydroxylation is 1. The van der Waals surface area contributed by atoms with Crippen LogP contribution in [0.2, 0.25) is 5.02 Å². The van der Waals surface area contributed by atoms with Gasteiger partial charge < -0.3 is 5.32 Å². The Hall–Kier alpha value is -2.26. The van der Waals surface area contributed by atoms with Gasteiger partial charge in [0.05, 0.1) is 11.4 Å². The van der Waals surface area contributed by atoms with Gasteiger partial charge in [0.25, 0.3) is 0 Å². The second kappa shape index (κ2) is 5.43. The minimum atomic E-state index is 0.766. The Bertz CT molecular complexity index is 896. The molecule has 0 fully saturated rings. The molecule has 3 nitrogen and oxygen atoms in total. The van der Waals surface area contributed by atoms with E-state index in [9.17, 15) is 0 Å². The lowest BCUT2D eigenvalue weighted by Crippen LogP contribution is -2.05. The van der Waals surface area contributed by atoms with Crippen molar-refractivity contribution in [2.75, 3.05) is 11.9 Å². The fraction of sp³-hybridized carbons (Fsp3) is 0.211. The molecule has 4 heteroatoms. The van der Waals surface area contributed by atoms with E-state index in [0.717, 1.165) is 40.8 Å². The third-order valence-electron chi connectivity index (χ3n) is 4.41. The first-order valence-electron chi connectivity index (χ1n) is 7.83. The molecule has 0 saturated carbocycles. The van der Waals surface area contributed by atoms with Crippen LogP contribution >= 0.6 is 11.6 Å². The van der Waals surface area contributed by atoms with Crippen LogP contribution in [-0.2, 0) is 6.42 Å². The minimum Gasteiger partial charge on any atom is -0.369 e. The van der Waals surface area contributed by atoms with Crippen LogP contribution in [0.3, 0.4) is 0 Å². The molecule has 1 aliphatic rings. The Morgan fingerprint density at radius 3 is 2.78 bits per heavy atom. The highest BCUT2D eigenvalue weighted by molar-refractivity contribution is 6.31. The summed E-state index contributed by atoms with van der Waals surface area (Å²) >= 11 is 6.30. The van der Waals surface area contributed by atoms with Crippen LogP contribution in [0.1, 0.15) is 16.7 Å². The normalized spacial score (nSPS) is 13.0. The Balaban J connectivity index is 1.93. The van der Waals surface area contributed by atoms with Gasteiger partial charge in [0, 0.05) is 22.7 Å². The maximum absolute atomic E-state index is 6.30. The second-order valence-electron chi connectivity index (χ2n) is 6.02. The van der Waals surface area contributed by atoms with Crippen molar-refractivity contribution in [3.63, 3.8) is 0 Å². The summed E-state index contributed by atoms with van der Waals surface area (Å²) in [5.74, 6) is 1.09. The molecule has 1 N–H and O–H groups in total. The quantitative estimate of drug-likeness (QED) is 0.735. The number of nitrogens with one attached hydrogen (secondary N) is 1. The zero-order valence-corrected chi connectivity index (χ0v) is 14.0. The highest BCUT2D eigenvalue weighted by Gasteiger charge is 2.24. The van der Waals surface area contributed by atoms with Gasteiger partial charge in [0.2, 0.25) is 0 Å². The summed E-state index contributed by atoms with van der Waals surface area (Å²) in [4.78, 5) is 0. The van der Waals surface area contributed by atoms with E-state index in [1.807, 2.05) is 23.7 Å². The van der Waals surface area contributed by atoms with Gasteiger partial charge in [-0.15, -0.1) is 0 Å². The van der Waals surface area contributed by atoms with Crippen LogP contribution < -0.4 is 5.32 Å². The van der Waals surface area contributed by atoms with E-state index >= 15 is 0 Å². The van der Waals surface area contributed by atoms with Crippen molar-refractivity contribution in [1.29, 1.82) is 0 Å². The third kappa shape index (κ3) is 2.32. The van der Waals surface area contributed by atoms with Gasteiger partial charge in [0.15, 0.2) is 0 Å². The zero-order chi connectivity index (χ0) is 16.0. The molecular weight excluding hydrogens is 306 g/mol. The predicted octanol–water partition coefficient (Wildman–Crippen LogP) is 4.78. The summed E-state index contributed by atoms with van der Waals surface area (Å²) in [6.45, 7) is 5.10. The number of fused-ring (bicyclic) bond motifs is 1. The summed E-state index contributed by atoms with van der Waals surface area (Å²) < 4.78 is 2.00. The van der Waals surface area contributed by atoms with Crippen LogP contribution in [0, 0.1) is 13.8 Å². The minimum absolute atomic E-state index is 0.766. The molecule has 116 valence electrons. The van der Waals surface area contributed by atoms with Gasteiger partial charge in [-0.3, -0.25) is 0 Å². The van der Waals surface area contributed by atoms with E-state index in [-0.39, 0.29) is 0 Å². The molecule has 1 aliphatic heterocycles. The molecule has 3 aromatic rings. The summed E-state index contributed by atoms with van der Waals surface area (Å²) in [7, 11) is 0. The first-order valence-corrected chi connectivity index (χ1v) is 8.21. The number of hydrogen-bond acceptors (Lipinski definition) is 2. The summed E-state index contributed by atoms with van der Waals surface area (Å²) in [6, 6.07) is 14.5. The molecule has 1 aromatic heterocycles. The van der Waals surface area contributed by atoms with Crippen molar-refractivity contribution in [3.8, 4) is 16.9 Å². The standard InChI is InChI=1S/C19H18ClN3/c1-12-5-3-6-14(11-12)18-15-9-10-21-19(15)23(22-18)17-8-4-7-16(20)13(17)2/h3-8,11,21H,9-10H2,1-2H3. The molecule has 0 amide bonds. The van der Waals surface area contributed by atoms with Crippen molar-refractivity contribution in [2.24, 2.45) is 0 Å². The topological polar surface area (TPSA) is 29.9 Å². The van der Waals surface area contributed by atoms with Gasteiger partial charge in [-0.25, -0.2) is 4.68 Å². The maximum Gasteiger partial charge on any atom is 0.133 e. The van der Waals surface area contributed by atoms with Gasteiger partial charge >= 0.3 is 0 Å². The van der Waals surface area contributed by atoms with Crippen molar-refractivity contribution in [2.45, 2.75) is 20.3 Å². The largest absolute Gasteiger partial charge is 0.369 e. The molecule has 0 atom stereocenters. The molecule has 0 bridgehead atoms. The zero-order valence-electron chi connectivity index (χ0n) is 13.2. The van der Waals surface area contributed by atoms with Crippen molar-refractivity contribution < 1.29 is 0 Å². The number of aromatic nitrogens is 2. The molecule has 23 heavy (non-hydrogen) atoms. The number of rotatable bonds is 2. The van der Waals surface area contributed by atoms with E-state index in [2.05, 4.69) is 42.6 Å². The number of nitrogens with zero attached hydrogens (tertiary/aromatic N) is 2. The highest BCUT2D eigenvalue weighted by Crippen LogP contribution is 2.36. The Morgan fingerprint density at radius 2 is 1.96 bits per heavy atom. The van der Waals surface area contributed by atoms with E-state index in [4.69, 9.17) is 16.7 Å². The smallest absolute Gasteiger partial charge is 0.133 e. The van der Waals surface area contributed by atoms with E-state index < -0.39 is 0 Å². The van der Waals surface area contributed by atoms with Crippen molar-refractivity contribution >= 4 is 17.4 Å². The molecule has 0 unspecified atom stereocenters. The second-order valence-corrected chi connectivity index (χ2v) is 6.42. The van der Waals surface area contributed by atoms with Gasteiger partial charge in [0.1, 0.15) is 5.82 Å². The lowest BCUT2D eigenvalue weighted by Gasteiger charge is -2.10. The Kier molecular flexibility index (Phi) is 3.38. The van der Waals surface area contributed by atoms with Crippen LogP contribution in [0.5, 0.6) is 0 Å². The molecule has 0 saturated heterocycles. The third-order valence-corrected chi connectivity index (χ3v) is 4.82. The van der Waals surface area contributed by atoms with E-state index in [1.165, 1.54) is 16.7 Å². The summed E-state index contributed by atoms with van der Waals surface area (Å²) in [6.07, 6.45) is 0.998. The Labute approximate surface area is 140 Å². The monoisotopic (exact) mass is 323 g/mol. The molecule has 0 spiro atoms. The lowest BCUT2D eigenvalue weighted by molar-refractivity contribution is 0.875. The highest BCUT2D eigenvalue weighted by atomic mass is 35.5. The molecule has 0 aliphatic carbocycles. The molecular formula is C19H18ClN3. The molecule has 2 aromatic carbocycles. The number of halogens is 1. The average Bonchev–Trinajstić information content (AvgIpc) is 3.12. The van der Waals surface area contributed by atoms with Crippen LogP contribution in [0.25, 0.3) is 16.9 Å². The molecule has 4 rings (SSSR count). The lowest BCUT2D eigenvalue weighted by atomic mass is 10.0. The van der Waals surface area contributed by atoms with Gasteiger partial charge in [-0.1, -0.05) is 41.4 Å². The predicted molar refractivity (Wildman–Crippen MR) is 95.7 cm³/mol. The fourth-order valence-electron chi connectivity index (χ4n) is 3.20. The number of hydrogen-bond donors (Lipinski definition) is 1. The maximum atomic E-state index is 6.30. The van der Waals surface area contributed by atoms with E-state index in [0.29, 0.717) is 0 Å². The van der Waals surface area contributed by atoms with E-state index in [1.54, 1.807) is 0 Å². The van der Waals surface area contributed by atoms with Gasteiger partial charge in [-0.05, 0) is 44.0 Å². The molecule has 2 heterocycles. The van der Waals surface area contributed by atoms with Crippen LogP contribution in [0.15, 0.2) is 42.5 Å². The van der Waals surface area contributed by atoms with Gasteiger partial charge in [-0.2, -0.15) is 5.10 Å². The first-order chi connectivity index (χ1) is 11.1.